The van der Waals surface area contributed by atoms with Gasteiger partial charge in [0, 0.05) is 19.6 Å². The van der Waals surface area contributed by atoms with Crippen LogP contribution in [-0.2, 0) is 11.2 Å². The molecule has 0 radical (unpaired) electrons. The van der Waals surface area contributed by atoms with Crippen molar-refractivity contribution in [2.45, 2.75) is 26.2 Å². The van der Waals surface area contributed by atoms with Crippen LogP contribution in [0, 0.1) is 5.92 Å². The predicted molar refractivity (Wildman–Crippen MR) is 81.7 cm³/mol. The van der Waals surface area contributed by atoms with Gasteiger partial charge in [0.25, 0.3) is 0 Å². The van der Waals surface area contributed by atoms with Gasteiger partial charge in [-0.05, 0) is 36.8 Å². The molecule has 2 aliphatic rings. The Morgan fingerprint density at radius 2 is 2.05 bits per heavy atom. The molecule has 1 aromatic carbocycles. The van der Waals surface area contributed by atoms with Gasteiger partial charge in [-0.2, -0.15) is 0 Å². The van der Waals surface area contributed by atoms with Crippen LogP contribution in [0.4, 0.5) is 11.4 Å². The Bertz CT molecular complexity index is 506. The summed E-state index contributed by atoms with van der Waals surface area (Å²) in [6.45, 7) is 5.45. The number of benzene rings is 1. The molecule has 0 atom stereocenters. The van der Waals surface area contributed by atoms with Crippen LogP contribution >= 0.6 is 0 Å². The number of piperidine rings is 1. The molecule has 1 fully saturated rings. The summed E-state index contributed by atoms with van der Waals surface area (Å²) in [7, 11) is 0. The molecule has 0 aliphatic carbocycles. The van der Waals surface area contributed by atoms with Gasteiger partial charge in [-0.15, -0.1) is 0 Å². The molecule has 4 heteroatoms. The average molecular weight is 273 g/mol. The minimum Gasteiger partial charge on any atom is -0.397 e. The number of para-hydroxylation sites is 1. The van der Waals surface area contributed by atoms with Gasteiger partial charge in [0.15, 0.2) is 0 Å². The molecule has 1 aromatic rings. The van der Waals surface area contributed by atoms with E-state index in [2.05, 4.69) is 17.9 Å². The normalized spacial score (nSPS) is 19.2. The Labute approximate surface area is 120 Å². The molecule has 1 amide bonds. The first-order valence-electron chi connectivity index (χ1n) is 7.55. The lowest BCUT2D eigenvalue weighted by molar-refractivity contribution is -0.131. The first-order valence-corrected chi connectivity index (χ1v) is 7.55. The van der Waals surface area contributed by atoms with E-state index in [1.54, 1.807) is 0 Å². The summed E-state index contributed by atoms with van der Waals surface area (Å²) >= 11 is 0. The highest BCUT2D eigenvalue weighted by Gasteiger charge is 2.26. The van der Waals surface area contributed by atoms with Gasteiger partial charge in [-0.3, -0.25) is 4.79 Å². The van der Waals surface area contributed by atoms with Crippen molar-refractivity contribution in [2.24, 2.45) is 5.92 Å². The van der Waals surface area contributed by atoms with Gasteiger partial charge in [0.1, 0.15) is 0 Å². The maximum absolute atomic E-state index is 12.4. The fourth-order valence-electron chi connectivity index (χ4n) is 3.25. The van der Waals surface area contributed by atoms with E-state index in [0.717, 1.165) is 56.2 Å². The number of nitrogen functional groups attached to an aromatic ring is 1. The van der Waals surface area contributed by atoms with E-state index in [-0.39, 0.29) is 5.91 Å². The smallest absolute Gasteiger partial charge is 0.242 e. The molecule has 0 saturated carbocycles. The number of anilines is 2. The number of nitrogens with zero attached hydrogens (tertiary/aromatic N) is 2. The summed E-state index contributed by atoms with van der Waals surface area (Å²) in [6.07, 6.45) is 3.25. The minimum atomic E-state index is 0.244. The van der Waals surface area contributed by atoms with Crippen molar-refractivity contribution in [2.75, 3.05) is 36.8 Å². The van der Waals surface area contributed by atoms with E-state index >= 15 is 0 Å². The molecule has 0 aromatic heterocycles. The van der Waals surface area contributed by atoms with Gasteiger partial charge in [-0.1, -0.05) is 19.1 Å². The predicted octanol–water partition coefficient (Wildman–Crippen LogP) is 1.89. The van der Waals surface area contributed by atoms with Crippen LogP contribution in [0.25, 0.3) is 0 Å². The molecule has 0 spiro atoms. The van der Waals surface area contributed by atoms with Gasteiger partial charge in [-0.25, -0.2) is 0 Å². The molecule has 2 aliphatic heterocycles. The number of carbonyl (C=O) groups excluding carboxylic acids is 1. The number of fused-ring (bicyclic) bond motifs is 1. The van der Waals surface area contributed by atoms with E-state index in [9.17, 15) is 4.79 Å². The Kier molecular flexibility index (Phi) is 3.55. The fourth-order valence-corrected chi connectivity index (χ4v) is 3.25. The summed E-state index contributed by atoms with van der Waals surface area (Å²) in [5.41, 5.74) is 9.20. The second-order valence-corrected chi connectivity index (χ2v) is 6.09. The highest BCUT2D eigenvalue weighted by Crippen LogP contribution is 2.33. The highest BCUT2D eigenvalue weighted by atomic mass is 16.2. The van der Waals surface area contributed by atoms with Crippen LogP contribution in [0.15, 0.2) is 18.2 Å². The molecule has 1 saturated heterocycles. The number of rotatable bonds is 2. The van der Waals surface area contributed by atoms with Crippen LogP contribution in [0.2, 0.25) is 0 Å². The summed E-state index contributed by atoms with van der Waals surface area (Å²) in [5.74, 6) is 0.996. The van der Waals surface area contributed by atoms with Gasteiger partial charge in [0.05, 0.1) is 17.9 Å². The second-order valence-electron chi connectivity index (χ2n) is 6.09. The fraction of sp³-hybridized carbons (Fsp3) is 0.562. The molecule has 0 unspecified atom stereocenters. The summed E-state index contributed by atoms with van der Waals surface area (Å²) in [5, 5.41) is 0. The van der Waals surface area contributed by atoms with Crippen LogP contribution < -0.4 is 10.6 Å². The molecule has 4 nitrogen and oxygen atoms in total. The third kappa shape index (κ3) is 2.47. The third-order valence-corrected chi connectivity index (χ3v) is 4.58. The maximum atomic E-state index is 12.4. The third-order valence-electron chi connectivity index (χ3n) is 4.58. The quantitative estimate of drug-likeness (QED) is 0.837. The molecule has 3 rings (SSSR count). The number of nitrogens with two attached hydrogens (primary N) is 1. The van der Waals surface area contributed by atoms with Crippen LogP contribution in [0.1, 0.15) is 25.3 Å². The second kappa shape index (κ2) is 5.35. The van der Waals surface area contributed by atoms with Crippen molar-refractivity contribution in [3.63, 3.8) is 0 Å². The Morgan fingerprint density at radius 1 is 1.30 bits per heavy atom. The molecule has 108 valence electrons. The van der Waals surface area contributed by atoms with Crippen molar-refractivity contribution < 1.29 is 4.79 Å². The van der Waals surface area contributed by atoms with E-state index in [0.29, 0.717) is 6.54 Å². The highest BCUT2D eigenvalue weighted by molar-refractivity contribution is 5.85. The van der Waals surface area contributed by atoms with Crippen LogP contribution in [0.3, 0.4) is 0 Å². The van der Waals surface area contributed by atoms with Crippen molar-refractivity contribution in [1.82, 2.24) is 4.90 Å². The summed E-state index contributed by atoms with van der Waals surface area (Å²) in [4.78, 5) is 16.6. The Morgan fingerprint density at radius 3 is 2.80 bits per heavy atom. The van der Waals surface area contributed by atoms with E-state index in [1.165, 1.54) is 5.56 Å². The van der Waals surface area contributed by atoms with E-state index in [4.69, 9.17) is 5.73 Å². The zero-order valence-electron chi connectivity index (χ0n) is 12.1. The minimum absolute atomic E-state index is 0.244. The summed E-state index contributed by atoms with van der Waals surface area (Å²) in [6, 6.07) is 6.02. The largest absolute Gasteiger partial charge is 0.397 e. The Hall–Kier alpha value is -1.71. The van der Waals surface area contributed by atoms with E-state index in [1.807, 2.05) is 17.0 Å². The standard InChI is InChI=1S/C16H23N3O/c1-12-5-8-18(9-6-12)15(20)11-19-10-7-13-3-2-4-14(17)16(13)19/h2-4,12H,5-11,17H2,1H3. The number of amides is 1. The lowest BCUT2D eigenvalue weighted by Gasteiger charge is -2.32. The average Bonchev–Trinajstić information content (AvgIpc) is 2.84. The monoisotopic (exact) mass is 273 g/mol. The van der Waals surface area contributed by atoms with Crippen LogP contribution in [-0.4, -0.2) is 37.0 Å². The lowest BCUT2D eigenvalue weighted by atomic mass is 9.99. The van der Waals surface area contributed by atoms with Gasteiger partial charge in [0.2, 0.25) is 5.91 Å². The van der Waals surface area contributed by atoms with Crippen molar-refractivity contribution in [3.8, 4) is 0 Å². The topological polar surface area (TPSA) is 49.6 Å². The van der Waals surface area contributed by atoms with Gasteiger partial charge >= 0.3 is 0 Å². The lowest BCUT2D eigenvalue weighted by Crippen LogP contribution is -2.43. The molecule has 2 heterocycles. The molecule has 20 heavy (non-hydrogen) atoms. The number of carbonyl (C=O) groups is 1. The zero-order valence-corrected chi connectivity index (χ0v) is 12.1. The van der Waals surface area contributed by atoms with Gasteiger partial charge < -0.3 is 15.5 Å². The Balaban J connectivity index is 1.67. The van der Waals surface area contributed by atoms with Crippen molar-refractivity contribution in [3.05, 3.63) is 23.8 Å². The molecular weight excluding hydrogens is 250 g/mol. The number of likely N-dealkylation sites (tertiary alicyclic amines) is 1. The van der Waals surface area contributed by atoms with Crippen LogP contribution in [0.5, 0.6) is 0 Å². The van der Waals surface area contributed by atoms with Crippen molar-refractivity contribution >= 4 is 17.3 Å². The summed E-state index contributed by atoms with van der Waals surface area (Å²) < 4.78 is 0. The first kappa shape index (κ1) is 13.3. The van der Waals surface area contributed by atoms with Crippen molar-refractivity contribution in [1.29, 1.82) is 0 Å². The molecule has 2 N–H and O–H groups in total. The first-order chi connectivity index (χ1) is 9.65. The number of hydrogen-bond donors (Lipinski definition) is 1. The SMILES string of the molecule is CC1CCN(C(=O)CN2CCc3cccc(N)c32)CC1. The molecular formula is C16H23N3O. The zero-order chi connectivity index (χ0) is 14.1. The number of hydrogen-bond acceptors (Lipinski definition) is 3. The molecule has 0 bridgehead atoms. The maximum Gasteiger partial charge on any atom is 0.242 e. The van der Waals surface area contributed by atoms with E-state index < -0.39 is 0 Å².